The second-order valence-electron chi connectivity index (χ2n) is 6.84. The number of nitrogens with zero attached hydrogens (tertiary/aromatic N) is 1. The molecule has 166 valence electrons. The topological polar surface area (TPSA) is 109 Å². The number of aromatic carboxylic acids is 1. The molecule has 2 N–H and O–H groups in total. The Morgan fingerprint density at radius 3 is 2.58 bits per heavy atom. The van der Waals surface area contributed by atoms with Gasteiger partial charge in [-0.3, -0.25) is 4.79 Å². The molecular formula is C25H19ClN2O5. The van der Waals surface area contributed by atoms with Gasteiger partial charge in [0.15, 0.2) is 11.5 Å². The van der Waals surface area contributed by atoms with Gasteiger partial charge >= 0.3 is 5.97 Å². The minimum absolute atomic E-state index is 0.101. The van der Waals surface area contributed by atoms with Crippen LogP contribution in [0.15, 0.2) is 72.3 Å². The molecule has 0 bridgehead atoms. The molecule has 3 rings (SSSR count). The summed E-state index contributed by atoms with van der Waals surface area (Å²) in [5, 5.41) is 21.6. The molecule has 0 spiro atoms. The maximum absolute atomic E-state index is 12.5. The maximum atomic E-state index is 12.5. The molecule has 0 aliphatic rings. The Hall–Kier alpha value is -4.28. The Morgan fingerprint density at radius 2 is 1.88 bits per heavy atom. The number of halogens is 1. The highest BCUT2D eigenvalue weighted by Gasteiger charge is 2.12. The standard InChI is InChI=1S/C25H19ClN2O5/c1-32-23-12-16(10-19(14-27)24(29)28-21-7-3-6-20(26)13-21)8-9-22(23)33-15-17-4-2-5-18(11-17)25(30)31/h2-13H,15H2,1H3,(H,28,29)(H,30,31)/b19-10-. The molecule has 7 nitrogen and oxygen atoms in total. The SMILES string of the molecule is COc1cc(/C=C(/C#N)C(=O)Nc2cccc(Cl)c2)ccc1OCc1cccc(C(=O)O)c1. The van der Waals surface area contributed by atoms with Crippen LogP contribution < -0.4 is 14.8 Å². The number of hydrogen-bond donors (Lipinski definition) is 2. The van der Waals surface area contributed by atoms with Gasteiger partial charge in [0.1, 0.15) is 18.2 Å². The number of benzene rings is 3. The normalized spacial score (nSPS) is 10.8. The van der Waals surface area contributed by atoms with E-state index in [1.807, 2.05) is 6.07 Å². The van der Waals surface area contributed by atoms with Crippen molar-refractivity contribution in [1.82, 2.24) is 0 Å². The number of methoxy groups -OCH3 is 1. The predicted octanol–water partition coefficient (Wildman–Crippen LogP) is 5.17. The summed E-state index contributed by atoms with van der Waals surface area (Å²) in [7, 11) is 1.47. The largest absolute Gasteiger partial charge is 0.493 e. The molecule has 0 saturated heterocycles. The third-order valence-electron chi connectivity index (χ3n) is 4.51. The molecule has 0 aliphatic carbocycles. The lowest BCUT2D eigenvalue weighted by Gasteiger charge is -2.12. The summed E-state index contributed by atoms with van der Waals surface area (Å²) < 4.78 is 11.2. The van der Waals surface area contributed by atoms with Crippen LogP contribution >= 0.6 is 11.6 Å². The Morgan fingerprint density at radius 1 is 1.09 bits per heavy atom. The van der Waals surface area contributed by atoms with Gasteiger partial charge in [-0.2, -0.15) is 5.26 Å². The van der Waals surface area contributed by atoms with Crippen molar-refractivity contribution < 1.29 is 24.2 Å². The van der Waals surface area contributed by atoms with Crippen molar-refractivity contribution in [2.75, 3.05) is 12.4 Å². The highest BCUT2D eigenvalue weighted by atomic mass is 35.5. The molecule has 3 aromatic carbocycles. The predicted molar refractivity (Wildman–Crippen MR) is 124 cm³/mol. The first-order valence-electron chi connectivity index (χ1n) is 9.71. The molecule has 3 aromatic rings. The average Bonchev–Trinajstić information content (AvgIpc) is 2.81. The fourth-order valence-electron chi connectivity index (χ4n) is 2.93. The van der Waals surface area contributed by atoms with Gasteiger partial charge in [-0.15, -0.1) is 0 Å². The third-order valence-corrected chi connectivity index (χ3v) is 4.75. The molecule has 0 radical (unpaired) electrons. The van der Waals surface area contributed by atoms with Crippen LogP contribution in [0.2, 0.25) is 5.02 Å². The number of ether oxygens (including phenoxy) is 2. The summed E-state index contributed by atoms with van der Waals surface area (Å²) in [5.41, 5.74) is 1.79. The highest BCUT2D eigenvalue weighted by Crippen LogP contribution is 2.30. The first-order valence-corrected chi connectivity index (χ1v) is 10.1. The zero-order valence-electron chi connectivity index (χ0n) is 17.5. The van der Waals surface area contributed by atoms with Crippen LogP contribution in [-0.4, -0.2) is 24.1 Å². The summed E-state index contributed by atoms with van der Waals surface area (Å²) in [5.74, 6) is -0.765. The first-order chi connectivity index (χ1) is 15.9. The molecule has 0 saturated carbocycles. The van der Waals surface area contributed by atoms with Crippen molar-refractivity contribution in [2.45, 2.75) is 6.61 Å². The van der Waals surface area contributed by atoms with Crippen LogP contribution in [-0.2, 0) is 11.4 Å². The number of hydrogen-bond acceptors (Lipinski definition) is 5. The van der Waals surface area contributed by atoms with E-state index in [9.17, 15) is 14.9 Å². The number of anilines is 1. The van der Waals surface area contributed by atoms with Crippen molar-refractivity contribution in [2.24, 2.45) is 0 Å². The lowest BCUT2D eigenvalue weighted by atomic mass is 10.1. The van der Waals surface area contributed by atoms with Crippen molar-refractivity contribution >= 4 is 35.2 Å². The Balaban J connectivity index is 1.75. The van der Waals surface area contributed by atoms with E-state index in [-0.39, 0.29) is 17.7 Å². The summed E-state index contributed by atoms with van der Waals surface area (Å²) in [6.07, 6.45) is 1.43. The van der Waals surface area contributed by atoms with E-state index < -0.39 is 11.9 Å². The molecule has 0 heterocycles. The summed E-state index contributed by atoms with van der Waals surface area (Å²) >= 11 is 5.92. The highest BCUT2D eigenvalue weighted by molar-refractivity contribution is 6.31. The minimum atomic E-state index is -1.02. The first kappa shape index (κ1) is 23.4. The number of carboxylic acids is 1. The van der Waals surface area contributed by atoms with Crippen molar-refractivity contribution in [3.63, 3.8) is 0 Å². The Bertz CT molecular complexity index is 1260. The zero-order chi connectivity index (χ0) is 23.8. The fourth-order valence-corrected chi connectivity index (χ4v) is 3.12. The number of carbonyl (C=O) groups is 2. The van der Waals surface area contributed by atoms with Gasteiger partial charge in [0, 0.05) is 10.7 Å². The summed E-state index contributed by atoms with van der Waals surface area (Å²) in [4.78, 5) is 23.6. The number of nitrogens with one attached hydrogen (secondary N) is 1. The van der Waals surface area contributed by atoms with E-state index in [1.54, 1.807) is 54.6 Å². The molecule has 33 heavy (non-hydrogen) atoms. The third kappa shape index (κ3) is 6.35. The van der Waals surface area contributed by atoms with Crippen molar-refractivity contribution in [3.8, 4) is 17.6 Å². The average molecular weight is 463 g/mol. The lowest BCUT2D eigenvalue weighted by molar-refractivity contribution is -0.112. The smallest absolute Gasteiger partial charge is 0.335 e. The van der Waals surface area contributed by atoms with Crippen molar-refractivity contribution in [1.29, 1.82) is 5.26 Å². The van der Waals surface area contributed by atoms with Crippen LogP contribution in [0.25, 0.3) is 6.08 Å². The second-order valence-corrected chi connectivity index (χ2v) is 7.28. The molecular weight excluding hydrogens is 444 g/mol. The summed E-state index contributed by atoms with van der Waals surface area (Å²) in [6, 6.07) is 19.9. The monoisotopic (exact) mass is 462 g/mol. The quantitative estimate of drug-likeness (QED) is 0.353. The van der Waals surface area contributed by atoms with Gasteiger partial charge in [0.25, 0.3) is 5.91 Å². The van der Waals surface area contributed by atoms with E-state index in [2.05, 4.69) is 5.32 Å². The zero-order valence-corrected chi connectivity index (χ0v) is 18.3. The van der Waals surface area contributed by atoms with Crippen LogP contribution in [0.3, 0.4) is 0 Å². The van der Waals surface area contributed by atoms with E-state index in [1.165, 1.54) is 25.3 Å². The van der Waals surface area contributed by atoms with Crippen LogP contribution in [0.1, 0.15) is 21.5 Å². The summed E-state index contributed by atoms with van der Waals surface area (Å²) in [6.45, 7) is 0.137. The van der Waals surface area contributed by atoms with Crippen LogP contribution in [0.4, 0.5) is 5.69 Å². The molecule has 0 fully saturated rings. The van der Waals surface area contributed by atoms with Crippen LogP contribution in [0.5, 0.6) is 11.5 Å². The molecule has 0 atom stereocenters. The van der Waals surface area contributed by atoms with Crippen molar-refractivity contribution in [3.05, 3.63) is 94.0 Å². The number of carboxylic acid groups (broad SMARTS) is 1. The van der Waals surface area contributed by atoms with Gasteiger partial charge in [-0.1, -0.05) is 35.9 Å². The molecule has 8 heteroatoms. The fraction of sp³-hybridized carbons (Fsp3) is 0.0800. The minimum Gasteiger partial charge on any atom is -0.493 e. The van der Waals surface area contributed by atoms with E-state index in [0.29, 0.717) is 33.3 Å². The Kier molecular flexibility index (Phi) is 7.68. The molecule has 0 aliphatic heterocycles. The van der Waals surface area contributed by atoms with E-state index in [0.717, 1.165) is 0 Å². The van der Waals surface area contributed by atoms with E-state index in [4.69, 9.17) is 26.2 Å². The van der Waals surface area contributed by atoms with Crippen LogP contribution in [0, 0.1) is 11.3 Å². The number of carbonyl (C=O) groups excluding carboxylic acids is 1. The van der Waals surface area contributed by atoms with Gasteiger partial charge in [-0.25, -0.2) is 4.79 Å². The second kappa shape index (κ2) is 10.8. The molecule has 0 aromatic heterocycles. The van der Waals surface area contributed by atoms with Gasteiger partial charge in [0.05, 0.1) is 12.7 Å². The van der Waals surface area contributed by atoms with Gasteiger partial charge in [0.2, 0.25) is 0 Å². The lowest BCUT2D eigenvalue weighted by Crippen LogP contribution is -2.13. The Labute approximate surface area is 195 Å². The number of amides is 1. The number of rotatable bonds is 8. The number of nitriles is 1. The maximum Gasteiger partial charge on any atom is 0.335 e. The van der Waals surface area contributed by atoms with Gasteiger partial charge in [-0.05, 0) is 59.7 Å². The van der Waals surface area contributed by atoms with Gasteiger partial charge < -0.3 is 19.9 Å². The molecule has 0 unspecified atom stereocenters. The molecule has 1 amide bonds. The van der Waals surface area contributed by atoms with E-state index >= 15 is 0 Å².